The number of nitrogens with zero attached hydrogens (tertiary/aromatic N) is 1. The number of rotatable bonds is 5. The van der Waals surface area contributed by atoms with Gasteiger partial charge in [-0.3, -0.25) is 10.1 Å². The Balaban J connectivity index is 1.40. The summed E-state index contributed by atoms with van der Waals surface area (Å²) in [4.78, 5) is 27.6. The molecule has 2 aliphatic carbocycles. The molecule has 0 saturated heterocycles. The van der Waals surface area contributed by atoms with Crippen LogP contribution in [0.4, 0.5) is 18.0 Å². The lowest BCUT2D eigenvalue weighted by Crippen LogP contribution is -2.47. The molecular weight excluding hydrogens is 379 g/mol. The minimum absolute atomic E-state index is 0.0114. The van der Waals surface area contributed by atoms with Crippen LogP contribution in [-0.2, 0) is 11.0 Å². The Morgan fingerprint density at radius 1 is 1.30 bits per heavy atom. The van der Waals surface area contributed by atoms with E-state index >= 15 is 0 Å². The van der Waals surface area contributed by atoms with Crippen molar-refractivity contribution in [2.24, 2.45) is 17.8 Å². The molecule has 5 nitrogen and oxygen atoms in total. The van der Waals surface area contributed by atoms with Crippen LogP contribution < -0.4 is 10.6 Å². The van der Waals surface area contributed by atoms with E-state index in [4.69, 9.17) is 0 Å². The molecule has 0 spiro atoms. The molecule has 148 valence electrons. The number of halogens is 3. The van der Waals surface area contributed by atoms with Gasteiger partial charge >= 0.3 is 12.2 Å². The van der Waals surface area contributed by atoms with Crippen LogP contribution >= 0.6 is 11.8 Å². The Labute approximate surface area is 159 Å². The van der Waals surface area contributed by atoms with E-state index in [1.54, 1.807) is 0 Å². The number of urea groups is 1. The van der Waals surface area contributed by atoms with Crippen LogP contribution in [0.15, 0.2) is 23.4 Å². The van der Waals surface area contributed by atoms with Crippen molar-refractivity contribution >= 4 is 23.7 Å². The molecule has 3 amide bonds. The van der Waals surface area contributed by atoms with Gasteiger partial charge in [0, 0.05) is 12.2 Å². The molecule has 3 rings (SSSR count). The zero-order valence-corrected chi connectivity index (χ0v) is 15.7. The van der Waals surface area contributed by atoms with Crippen molar-refractivity contribution in [2.75, 3.05) is 5.75 Å². The second-order valence-electron chi connectivity index (χ2n) is 7.32. The van der Waals surface area contributed by atoms with Gasteiger partial charge in [0.25, 0.3) is 0 Å². The summed E-state index contributed by atoms with van der Waals surface area (Å²) >= 11 is 0.973. The van der Waals surface area contributed by atoms with Crippen LogP contribution in [0.5, 0.6) is 0 Å². The summed E-state index contributed by atoms with van der Waals surface area (Å²) in [7, 11) is 0. The van der Waals surface area contributed by atoms with Gasteiger partial charge < -0.3 is 5.32 Å². The zero-order valence-electron chi connectivity index (χ0n) is 14.9. The van der Waals surface area contributed by atoms with Gasteiger partial charge in [-0.25, -0.2) is 9.78 Å². The SMILES string of the molecule is C[C@H](NC(=O)NC(=O)CSc1ccc(C(F)(F)F)cn1)[C@@H]1C[C@H]2CC[C@H]1C2. The normalized spacial score (nSPS) is 25.3. The molecule has 1 heterocycles. The molecule has 27 heavy (non-hydrogen) atoms. The van der Waals surface area contributed by atoms with E-state index in [-0.39, 0.29) is 16.8 Å². The van der Waals surface area contributed by atoms with Gasteiger partial charge in [-0.2, -0.15) is 13.2 Å². The molecule has 2 saturated carbocycles. The third-order valence-electron chi connectivity index (χ3n) is 5.46. The van der Waals surface area contributed by atoms with E-state index in [1.807, 2.05) is 6.92 Å². The molecule has 4 atom stereocenters. The number of pyridine rings is 1. The highest BCUT2D eigenvalue weighted by molar-refractivity contribution is 7.99. The maximum absolute atomic E-state index is 12.5. The number of carbonyl (C=O) groups excluding carboxylic acids is 2. The van der Waals surface area contributed by atoms with Crippen molar-refractivity contribution in [1.82, 2.24) is 15.6 Å². The molecule has 0 aliphatic heterocycles. The number of hydrogen-bond acceptors (Lipinski definition) is 4. The van der Waals surface area contributed by atoms with Crippen LogP contribution in [-0.4, -0.2) is 28.7 Å². The standard InChI is InChI=1S/C18H22F3N3O2S/c1-10(14-7-11-2-3-12(14)6-11)23-17(26)24-15(25)9-27-16-5-4-13(8-22-16)18(19,20)21/h4-5,8,10-12,14H,2-3,6-7,9H2,1H3,(H2,23,24,25,26)/t10-,11-,12-,14-/m0/s1. The summed E-state index contributed by atoms with van der Waals surface area (Å²) < 4.78 is 37.5. The maximum atomic E-state index is 12.5. The summed E-state index contributed by atoms with van der Waals surface area (Å²) in [5, 5.41) is 5.39. The van der Waals surface area contributed by atoms with Gasteiger partial charge in [0.2, 0.25) is 5.91 Å². The van der Waals surface area contributed by atoms with Crippen LogP contribution in [0, 0.1) is 17.8 Å². The lowest BCUT2D eigenvalue weighted by atomic mass is 9.84. The molecule has 2 fully saturated rings. The number of imide groups is 1. The van der Waals surface area contributed by atoms with Crippen LogP contribution in [0.1, 0.15) is 38.2 Å². The van der Waals surface area contributed by atoms with Gasteiger partial charge in [-0.1, -0.05) is 18.2 Å². The third-order valence-corrected chi connectivity index (χ3v) is 6.41. The van der Waals surface area contributed by atoms with E-state index in [9.17, 15) is 22.8 Å². The fourth-order valence-corrected chi connectivity index (χ4v) is 4.83. The molecule has 0 radical (unpaired) electrons. The molecule has 2 N–H and O–H groups in total. The van der Waals surface area contributed by atoms with E-state index in [1.165, 1.54) is 25.3 Å². The Morgan fingerprint density at radius 2 is 2.07 bits per heavy atom. The summed E-state index contributed by atoms with van der Waals surface area (Å²) in [6.45, 7) is 1.97. The maximum Gasteiger partial charge on any atom is 0.417 e. The van der Waals surface area contributed by atoms with Crippen molar-refractivity contribution in [1.29, 1.82) is 0 Å². The first-order valence-corrected chi connectivity index (χ1v) is 9.97. The Morgan fingerprint density at radius 3 is 2.63 bits per heavy atom. The topological polar surface area (TPSA) is 71.1 Å². The highest BCUT2D eigenvalue weighted by atomic mass is 32.2. The minimum atomic E-state index is -4.44. The smallest absolute Gasteiger partial charge is 0.335 e. The number of aromatic nitrogens is 1. The molecule has 2 bridgehead atoms. The van der Waals surface area contributed by atoms with Crippen LogP contribution in [0.3, 0.4) is 0 Å². The summed E-state index contributed by atoms with van der Waals surface area (Å²) in [5.41, 5.74) is -0.842. The average molecular weight is 401 g/mol. The predicted molar refractivity (Wildman–Crippen MR) is 95.0 cm³/mol. The summed E-state index contributed by atoms with van der Waals surface area (Å²) in [6.07, 6.45) is 1.17. The first-order chi connectivity index (χ1) is 12.7. The minimum Gasteiger partial charge on any atom is -0.335 e. The van der Waals surface area contributed by atoms with Gasteiger partial charge in [0.1, 0.15) is 0 Å². The highest BCUT2D eigenvalue weighted by Gasteiger charge is 2.42. The van der Waals surface area contributed by atoms with Crippen molar-refractivity contribution in [3.63, 3.8) is 0 Å². The fourth-order valence-electron chi connectivity index (χ4n) is 4.19. The number of hydrogen-bond donors (Lipinski definition) is 2. The molecule has 9 heteroatoms. The Kier molecular flexibility index (Phi) is 5.98. The molecule has 1 aromatic heterocycles. The molecule has 1 aromatic rings. The van der Waals surface area contributed by atoms with Crippen LogP contribution in [0.2, 0.25) is 0 Å². The lowest BCUT2D eigenvalue weighted by Gasteiger charge is -2.28. The van der Waals surface area contributed by atoms with Crippen molar-refractivity contribution in [3.8, 4) is 0 Å². The second-order valence-corrected chi connectivity index (χ2v) is 8.32. The Bertz CT molecular complexity index is 696. The van der Waals surface area contributed by atoms with E-state index < -0.39 is 23.7 Å². The number of carbonyl (C=O) groups is 2. The fraction of sp³-hybridized carbons (Fsp3) is 0.611. The Hall–Kier alpha value is -1.77. The third kappa shape index (κ3) is 5.15. The zero-order chi connectivity index (χ0) is 19.6. The van der Waals surface area contributed by atoms with Gasteiger partial charge in [-0.05, 0) is 56.1 Å². The number of amides is 3. The average Bonchev–Trinajstić information content (AvgIpc) is 3.22. The lowest BCUT2D eigenvalue weighted by molar-refractivity contribution is -0.137. The monoisotopic (exact) mass is 401 g/mol. The first kappa shape index (κ1) is 20.0. The number of alkyl halides is 3. The molecular formula is C18H22F3N3O2S. The number of nitrogens with one attached hydrogen (secondary N) is 2. The first-order valence-electron chi connectivity index (χ1n) is 8.98. The van der Waals surface area contributed by atoms with Gasteiger partial charge in [0.15, 0.2) is 0 Å². The number of thioether (sulfide) groups is 1. The second kappa shape index (κ2) is 8.08. The van der Waals surface area contributed by atoms with E-state index in [0.717, 1.165) is 36.4 Å². The summed E-state index contributed by atoms with van der Waals surface area (Å²) in [5.74, 6) is 1.30. The molecule has 0 unspecified atom stereocenters. The largest absolute Gasteiger partial charge is 0.417 e. The van der Waals surface area contributed by atoms with Crippen molar-refractivity contribution < 1.29 is 22.8 Å². The highest BCUT2D eigenvalue weighted by Crippen LogP contribution is 2.49. The predicted octanol–water partition coefficient (Wildman–Crippen LogP) is 3.84. The summed E-state index contributed by atoms with van der Waals surface area (Å²) in [6, 6.07) is 1.60. The van der Waals surface area contributed by atoms with Crippen LogP contribution in [0.25, 0.3) is 0 Å². The van der Waals surface area contributed by atoms with Gasteiger partial charge in [-0.15, -0.1) is 0 Å². The van der Waals surface area contributed by atoms with Crippen molar-refractivity contribution in [2.45, 2.75) is 49.9 Å². The molecule has 0 aromatic carbocycles. The molecule has 2 aliphatic rings. The van der Waals surface area contributed by atoms with Gasteiger partial charge in [0.05, 0.1) is 16.3 Å². The van der Waals surface area contributed by atoms with E-state index in [0.29, 0.717) is 11.8 Å². The van der Waals surface area contributed by atoms with E-state index in [2.05, 4.69) is 15.6 Å². The van der Waals surface area contributed by atoms with Crippen molar-refractivity contribution in [3.05, 3.63) is 23.9 Å². The quantitative estimate of drug-likeness (QED) is 0.736. The number of fused-ring (bicyclic) bond motifs is 2.